The Bertz CT molecular complexity index is 1290. The zero-order valence-corrected chi connectivity index (χ0v) is 20.4. The summed E-state index contributed by atoms with van der Waals surface area (Å²) in [7, 11) is 3.34. The molecule has 2 fully saturated rings. The maximum Gasteiger partial charge on any atom is 0.252 e. The van der Waals surface area contributed by atoms with Crippen molar-refractivity contribution in [2.24, 2.45) is 11.7 Å². The van der Waals surface area contributed by atoms with Crippen LogP contribution < -0.4 is 21.1 Å². The largest absolute Gasteiger partial charge is 0.494 e. The van der Waals surface area contributed by atoms with Gasteiger partial charge in [0, 0.05) is 42.6 Å². The molecule has 4 N–H and O–H groups in total. The van der Waals surface area contributed by atoms with Crippen molar-refractivity contribution in [2.45, 2.75) is 44.2 Å². The van der Waals surface area contributed by atoms with Crippen molar-refractivity contribution < 1.29 is 19.1 Å². The van der Waals surface area contributed by atoms with Crippen molar-refractivity contribution in [3.05, 3.63) is 48.4 Å². The summed E-state index contributed by atoms with van der Waals surface area (Å²) in [6.45, 7) is 0. The van der Waals surface area contributed by atoms with E-state index in [4.69, 9.17) is 15.2 Å². The normalized spacial score (nSPS) is 19.2. The molecule has 2 heterocycles. The van der Waals surface area contributed by atoms with Crippen LogP contribution in [0.15, 0.2) is 42.9 Å². The first-order chi connectivity index (χ1) is 17.5. The molecule has 0 aliphatic heterocycles. The summed E-state index contributed by atoms with van der Waals surface area (Å²) in [4.78, 5) is 28.5. The molecule has 2 aromatic heterocycles. The first kappa shape index (κ1) is 23.8. The Morgan fingerprint density at radius 1 is 1.11 bits per heavy atom. The van der Waals surface area contributed by atoms with Gasteiger partial charge in [0.25, 0.3) is 5.91 Å². The van der Waals surface area contributed by atoms with E-state index in [0.717, 1.165) is 43.2 Å². The topological polar surface area (TPSA) is 133 Å². The maximum atomic E-state index is 12.2. The third-order valence-electron chi connectivity index (χ3n) is 6.83. The van der Waals surface area contributed by atoms with Crippen LogP contribution >= 0.6 is 0 Å². The third-order valence-corrected chi connectivity index (χ3v) is 6.83. The average molecular weight is 491 g/mol. The number of carbonyl (C=O) groups is 2. The molecule has 2 saturated carbocycles. The predicted molar refractivity (Wildman–Crippen MR) is 135 cm³/mol. The van der Waals surface area contributed by atoms with Crippen molar-refractivity contribution in [1.82, 2.24) is 14.8 Å². The van der Waals surface area contributed by atoms with Gasteiger partial charge in [-0.1, -0.05) is 12.1 Å². The van der Waals surface area contributed by atoms with Crippen molar-refractivity contribution >= 4 is 29.0 Å². The molecule has 2 unspecified atom stereocenters. The monoisotopic (exact) mass is 490 g/mol. The maximum absolute atomic E-state index is 12.2. The minimum absolute atomic E-state index is 0.0279. The molecule has 2 aliphatic carbocycles. The molecule has 0 spiro atoms. The summed E-state index contributed by atoms with van der Waals surface area (Å²) in [5.41, 5.74) is 8.59. The van der Waals surface area contributed by atoms with Crippen LogP contribution in [-0.2, 0) is 9.53 Å². The van der Waals surface area contributed by atoms with Crippen molar-refractivity contribution in [1.29, 1.82) is 0 Å². The number of amides is 2. The number of primary amides is 1. The van der Waals surface area contributed by atoms with Crippen molar-refractivity contribution in [3.63, 3.8) is 0 Å². The van der Waals surface area contributed by atoms with Gasteiger partial charge in [0.05, 0.1) is 42.4 Å². The molecule has 0 radical (unpaired) electrons. The molecule has 2 amide bonds. The third kappa shape index (κ3) is 4.76. The number of para-hydroxylation sites is 1. The summed E-state index contributed by atoms with van der Waals surface area (Å²) in [6.07, 6.45) is 10.3. The van der Waals surface area contributed by atoms with Gasteiger partial charge in [-0.05, 0) is 38.2 Å². The van der Waals surface area contributed by atoms with Gasteiger partial charge in [-0.2, -0.15) is 5.10 Å². The van der Waals surface area contributed by atoms with Gasteiger partial charge in [-0.15, -0.1) is 0 Å². The molecule has 5 rings (SSSR count). The van der Waals surface area contributed by atoms with Crippen LogP contribution in [0.25, 0.3) is 11.1 Å². The van der Waals surface area contributed by atoms with E-state index in [-0.39, 0.29) is 29.5 Å². The Balaban J connectivity index is 1.45. The molecular weight excluding hydrogens is 460 g/mol. The standard InChI is InChI=1S/C26H30N6O4/c1-35-22-8-4-7-21(22)32-14-16(12-29-32)17-5-3-6-19(24(17)36-2)30-20-11-23(28-13-18(20)25(27)33)31-26(34)15-9-10-15/h3,5-6,11-15,21-22H,4,7-10H2,1-2H3,(H2,27,33)(H2,28,30,31,34). The van der Waals surface area contributed by atoms with E-state index in [1.165, 1.54) is 6.20 Å². The Hall–Kier alpha value is -3.92. The number of rotatable bonds is 9. The molecule has 0 saturated heterocycles. The molecule has 0 bridgehead atoms. The molecule has 10 nitrogen and oxygen atoms in total. The molecule has 1 aromatic carbocycles. The lowest BCUT2D eigenvalue weighted by Crippen LogP contribution is -2.20. The van der Waals surface area contributed by atoms with Crippen LogP contribution in [0.4, 0.5) is 17.2 Å². The highest BCUT2D eigenvalue weighted by atomic mass is 16.5. The van der Waals surface area contributed by atoms with Gasteiger partial charge in [-0.3, -0.25) is 14.3 Å². The molecule has 10 heteroatoms. The van der Waals surface area contributed by atoms with Crippen LogP contribution in [0, 0.1) is 5.92 Å². The van der Waals surface area contributed by atoms with Crippen LogP contribution in [0.2, 0.25) is 0 Å². The lowest BCUT2D eigenvalue weighted by atomic mass is 10.1. The van der Waals surface area contributed by atoms with Crippen LogP contribution in [0.3, 0.4) is 0 Å². The lowest BCUT2D eigenvalue weighted by Gasteiger charge is -2.18. The first-order valence-electron chi connectivity index (χ1n) is 12.1. The van der Waals surface area contributed by atoms with Crippen molar-refractivity contribution in [2.75, 3.05) is 24.9 Å². The predicted octanol–water partition coefficient (Wildman–Crippen LogP) is 3.88. The fraction of sp³-hybridized carbons (Fsp3) is 0.385. The number of methoxy groups -OCH3 is 2. The highest BCUT2D eigenvalue weighted by Gasteiger charge is 2.31. The number of nitrogens with one attached hydrogen (secondary N) is 2. The van der Waals surface area contributed by atoms with Crippen LogP contribution in [0.1, 0.15) is 48.5 Å². The van der Waals surface area contributed by atoms with E-state index in [2.05, 4.69) is 20.7 Å². The number of carbonyl (C=O) groups excluding carboxylic acids is 2. The molecule has 3 aromatic rings. The summed E-state index contributed by atoms with van der Waals surface area (Å²) < 4.78 is 13.4. The number of hydrogen-bond donors (Lipinski definition) is 3. The second-order valence-electron chi connectivity index (χ2n) is 9.24. The van der Waals surface area contributed by atoms with E-state index in [0.29, 0.717) is 22.9 Å². The molecule has 2 aliphatic rings. The van der Waals surface area contributed by atoms with Gasteiger partial charge in [0.1, 0.15) is 11.6 Å². The Kier molecular flexibility index (Phi) is 6.60. The van der Waals surface area contributed by atoms with E-state index < -0.39 is 5.91 Å². The first-order valence-corrected chi connectivity index (χ1v) is 12.1. The fourth-order valence-electron chi connectivity index (χ4n) is 4.77. The summed E-state index contributed by atoms with van der Waals surface area (Å²) >= 11 is 0. The molecular formula is C26H30N6O4. The zero-order valence-electron chi connectivity index (χ0n) is 20.4. The number of anilines is 3. The number of pyridine rings is 1. The second-order valence-corrected chi connectivity index (χ2v) is 9.24. The highest BCUT2D eigenvalue weighted by Crippen LogP contribution is 2.40. The number of benzene rings is 1. The SMILES string of the molecule is COc1c(Nc2cc(NC(=O)C3CC3)ncc2C(N)=O)cccc1-c1cnn(C2CCCC2OC)c1. The van der Waals surface area contributed by atoms with Crippen LogP contribution in [0.5, 0.6) is 5.75 Å². The average Bonchev–Trinajstić information content (AvgIpc) is 3.42. The Morgan fingerprint density at radius 2 is 1.94 bits per heavy atom. The van der Waals surface area contributed by atoms with E-state index >= 15 is 0 Å². The van der Waals surface area contributed by atoms with Gasteiger partial charge in [0.15, 0.2) is 0 Å². The Morgan fingerprint density at radius 3 is 2.67 bits per heavy atom. The van der Waals surface area contributed by atoms with E-state index in [9.17, 15) is 9.59 Å². The summed E-state index contributed by atoms with van der Waals surface area (Å²) in [6, 6.07) is 7.51. The second kappa shape index (κ2) is 9.98. The highest BCUT2D eigenvalue weighted by molar-refractivity contribution is 6.01. The summed E-state index contributed by atoms with van der Waals surface area (Å²) in [5, 5.41) is 10.7. The van der Waals surface area contributed by atoms with Gasteiger partial charge in [-0.25, -0.2) is 4.98 Å². The van der Waals surface area contributed by atoms with E-state index in [1.807, 2.05) is 35.3 Å². The molecule has 36 heavy (non-hydrogen) atoms. The number of nitrogens with zero attached hydrogens (tertiary/aromatic N) is 3. The van der Waals surface area contributed by atoms with Gasteiger partial charge in [0.2, 0.25) is 5.91 Å². The van der Waals surface area contributed by atoms with Gasteiger partial charge < -0.3 is 25.8 Å². The molecule has 188 valence electrons. The van der Waals surface area contributed by atoms with Crippen LogP contribution in [-0.4, -0.2) is 46.9 Å². The zero-order chi connectivity index (χ0) is 25.2. The quantitative estimate of drug-likeness (QED) is 0.414. The minimum Gasteiger partial charge on any atom is -0.494 e. The van der Waals surface area contributed by atoms with Gasteiger partial charge >= 0.3 is 0 Å². The number of hydrogen-bond acceptors (Lipinski definition) is 7. The summed E-state index contributed by atoms with van der Waals surface area (Å²) in [5.74, 6) is 0.253. The number of nitrogens with two attached hydrogens (primary N) is 1. The molecule has 2 atom stereocenters. The smallest absolute Gasteiger partial charge is 0.252 e. The fourth-order valence-corrected chi connectivity index (χ4v) is 4.77. The number of aromatic nitrogens is 3. The van der Waals surface area contributed by atoms with Crippen molar-refractivity contribution in [3.8, 4) is 16.9 Å². The lowest BCUT2D eigenvalue weighted by molar-refractivity contribution is -0.117. The van der Waals surface area contributed by atoms with E-state index in [1.54, 1.807) is 20.3 Å². The Labute approximate surface area is 209 Å². The number of ether oxygens (including phenoxy) is 2. The minimum atomic E-state index is -0.634.